The Balaban J connectivity index is 2.31. The van der Waals surface area contributed by atoms with E-state index in [0.717, 1.165) is 33.6 Å². The zero-order valence-electron chi connectivity index (χ0n) is 11.5. The number of terminal acetylenes is 2. The maximum absolute atomic E-state index is 5.36. The minimum Gasteiger partial charge on any atom is -0.150 e. The van der Waals surface area contributed by atoms with Gasteiger partial charge in [-0.2, -0.15) is 10.2 Å². The molecule has 96 valence electrons. The molecule has 0 aliphatic carbocycles. The summed E-state index contributed by atoms with van der Waals surface area (Å²) < 4.78 is 0. The van der Waals surface area contributed by atoms with Crippen molar-refractivity contribution in [2.24, 2.45) is 10.2 Å². The Labute approximate surface area is 119 Å². The molecule has 0 saturated heterocycles. The first-order chi connectivity index (χ1) is 9.63. The van der Waals surface area contributed by atoms with Crippen LogP contribution in [0.3, 0.4) is 0 Å². The van der Waals surface area contributed by atoms with E-state index < -0.39 is 0 Å². The summed E-state index contributed by atoms with van der Waals surface area (Å²) in [6.07, 6.45) is 10.7. The zero-order valence-corrected chi connectivity index (χ0v) is 11.5. The van der Waals surface area contributed by atoms with Crippen molar-refractivity contribution >= 4 is 11.4 Å². The molecule has 0 N–H and O–H groups in total. The molecular formula is C18H14N2. The smallest absolute Gasteiger partial charge is 0.0887 e. The second-order valence-electron chi connectivity index (χ2n) is 4.49. The van der Waals surface area contributed by atoms with E-state index in [1.807, 2.05) is 50.2 Å². The molecule has 2 aromatic rings. The highest BCUT2D eigenvalue weighted by atomic mass is 15.1. The van der Waals surface area contributed by atoms with Gasteiger partial charge in [0.05, 0.1) is 11.4 Å². The Hall–Kier alpha value is -2.84. The molecule has 0 radical (unpaired) electrons. The normalized spacial score (nSPS) is 10.2. The van der Waals surface area contributed by atoms with Gasteiger partial charge in [-0.15, -0.1) is 12.8 Å². The van der Waals surface area contributed by atoms with Crippen molar-refractivity contribution in [3.05, 3.63) is 58.7 Å². The van der Waals surface area contributed by atoms with E-state index in [4.69, 9.17) is 12.8 Å². The molecule has 20 heavy (non-hydrogen) atoms. The van der Waals surface area contributed by atoms with Gasteiger partial charge in [0.15, 0.2) is 0 Å². The summed E-state index contributed by atoms with van der Waals surface area (Å²) in [6, 6.07) is 11.3. The topological polar surface area (TPSA) is 24.7 Å². The van der Waals surface area contributed by atoms with Crippen molar-refractivity contribution < 1.29 is 0 Å². The van der Waals surface area contributed by atoms with Crippen molar-refractivity contribution in [1.82, 2.24) is 0 Å². The predicted molar refractivity (Wildman–Crippen MR) is 82.4 cm³/mol. The lowest BCUT2D eigenvalue weighted by Gasteiger charge is -2.02. The molecule has 0 fully saturated rings. The number of hydrogen-bond donors (Lipinski definition) is 0. The molecule has 0 bridgehead atoms. The third-order valence-electron chi connectivity index (χ3n) is 2.99. The van der Waals surface area contributed by atoms with E-state index in [1.165, 1.54) is 0 Å². The summed E-state index contributed by atoms with van der Waals surface area (Å²) in [4.78, 5) is 0. The Morgan fingerprint density at radius 3 is 1.45 bits per heavy atom. The van der Waals surface area contributed by atoms with Crippen LogP contribution in [0.5, 0.6) is 0 Å². The molecule has 0 saturated carbocycles. The molecule has 2 rings (SSSR count). The van der Waals surface area contributed by atoms with Crippen molar-refractivity contribution in [2.75, 3.05) is 0 Å². The van der Waals surface area contributed by atoms with Crippen LogP contribution in [-0.4, -0.2) is 0 Å². The largest absolute Gasteiger partial charge is 0.150 e. The number of hydrogen-bond acceptors (Lipinski definition) is 2. The molecule has 0 heterocycles. The van der Waals surface area contributed by atoms with Gasteiger partial charge < -0.3 is 0 Å². The summed E-state index contributed by atoms with van der Waals surface area (Å²) in [5.41, 5.74) is 5.31. The first-order valence-electron chi connectivity index (χ1n) is 6.20. The van der Waals surface area contributed by atoms with Crippen LogP contribution in [0, 0.1) is 38.5 Å². The standard InChI is InChI=1S/C18H14N2/c1-5-15-7-9-17(13(3)11-15)19-20-18-10-8-16(6-2)12-14(18)4/h1-2,7-12H,3-4H3/b20-19+. The Morgan fingerprint density at radius 2 is 1.15 bits per heavy atom. The number of benzene rings is 2. The number of rotatable bonds is 2. The van der Waals surface area contributed by atoms with Gasteiger partial charge in [-0.3, -0.25) is 0 Å². The molecule has 0 aliphatic rings. The zero-order chi connectivity index (χ0) is 14.5. The highest BCUT2D eigenvalue weighted by Crippen LogP contribution is 2.25. The fourth-order valence-electron chi connectivity index (χ4n) is 1.82. The monoisotopic (exact) mass is 258 g/mol. The van der Waals surface area contributed by atoms with Gasteiger partial charge >= 0.3 is 0 Å². The van der Waals surface area contributed by atoms with Gasteiger partial charge in [0.25, 0.3) is 0 Å². The first-order valence-corrected chi connectivity index (χ1v) is 6.20. The van der Waals surface area contributed by atoms with Gasteiger partial charge in [-0.1, -0.05) is 11.8 Å². The maximum Gasteiger partial charge on any atom is 0.0887 e. The quantitative estimate of drug-likeness (QED) is 0.552. The van der Waals surface area contributed by atoms with Crippen molar-refractivity contribution in [2.45, 2.75) is 13.8 Å². The summed E-state index contributed by atoms with van der Waals surface area (Å²) in [6.45, 7) is 3.92. The summed E-state index contributed by atoms with van der Waals surface area (Å²) in [5, 5.41) is 8.55. The molecule has 2 nitrogen and oxygen atoms in total. The van der Waals surface area contributed by atoms with Crippen LogP contribution in [0.25, 0.3) is 0 Å². The number of aryl methyl sites for hydroxylation is 2. The minimum atomic E-state index is 0.810. The molecule has 2 heteroatoms. The van der Waals surface area contributed by atoms with Gasteiger partial charge in [-0.25, -0.2) is 0 Å². The van der Waals surface area contributed by atoms with Crippen molar-refractivity contribution in [3.8, 4) is 24.7 Å². The van der Waals surface area contributed by atoms with Gasteiger partial charge in [-0.05, 0) is 61.4 Å². The molecular weight excluding hydrogens is 244 g/mol. The van der Waals surface area contributed by atoms with Crippen LogP contribution in [0.2, 0.25) is 0 Å². The highest BCUT2D eigenvalue weighted by Gasteiger charge is 2.00. The van der Waals surface area contributed by atoms with Gasteiger partial charge in [0.1, 0.15) is 0 Å². The summed E-state index contributed by atoms with van der Waals surface area (Å²) in [7, 11) is 0. The maximum atomic E-state index is 5.36. The lowest BCUT2D eigenvalue weighted by atomic mass is 10.1. The fraction of sp³-hybridized carbons (Fsp3) is 0.111. The lowest BCUT2D eigenvalue weighted by Crippen LogP contribution is -1.79. The molecule has 0 atom stereocenters. The van der Waals surface area contributed by atoms with Crippen LogP contribution in [0.4, 0.5) is 11.4 Å². The summed E-state index contributed by atoms with van der Waals surface area (Å²) in [5.74, 6) is 5.20. The molecule has 0 aliphatic heterocycles. The van der Waals surface area contributed by atoms with E-state index in [0.29, 0.717) is 0 Å². The van der Waals surface area contributed by atoms with E-state index in [1.54, 1.807) is 0 Å². The van der Waals surface area contributed by atoms with E-state index in [2.05, 4.69) is 22.1 Å². The number of nitrogens with zero attached hydrogens (tertiary/aromatic N) is 2. The van der Waals surface area contributed by atoms with Crippen LogP contribution in [0.1, 0.15) is 22.3 Å². The van der Waals surface area contributed by atoms with Crippen molar-refractivity contribution in [1.29, 1.82) is 0 Å². The average molecular weight is 258 g/mol. The van der Waals surface area contributed by atoms with E-state index >= 15 is 0 Å². The second-order valence-corrected chi connectivity index (χ2v) is 4.49. The first kappa shape index (κ1) is 13.6. The Kier molecular flexibility index (Phi) is 3.99. The van der Waals surface area contributed by atoms with Crippen LogP contribution in [-0.2, 0) is 0 Å². The molecule has 2 aromatic carbocycles. The van der Waals surface area contributed by atoms with Crippen LogP contribution < -0.4 is 0 Å². The summed E-state index contributed by atoms with van der Waals surface area (Å²) >= 11 is 0. The van der Waals surface area contributed by atoms with Crippen LogP contribution >= 0.6 is 0 Å². The predicted octanol–water partition coefficient (Wildman–Crippen LogP) is 4.68. The third kappa shape index (κ3) is 2.94. The average Bonchev–Trinajstić information content (AvgIpc) is 2.46. The molecule has 0 amide bonds. The minimum absolute atomic E-state index is 0.810. The number of azo groups is 1. The molecule has 0 spiro atoms. The van der Waals surface area contributed by atoms with Gasteiger partial charge in [0.2, 0.25) is 0 Å². The molecule has 0 unspecified atom stereocenters. The SMILES string of the molecule is C#Cc1ccc(/N=N/c2ccc(C#C)cc2C)c(C)c1. The third-order valence-corrected chi connectivity index (χ3v) is 2.99. The Bertz CT molecular complexity index is 690. The van der Waals surface area contributed by atoms with Crippen molar-refractivity contribution in [3.63, 3.8) is 0 Å². The Morgan fingerprint density at radius 1 is 0.750 bits per heavy atom. The molecule has 0 aromatic heterocycles. The highest BCUT2D eigenvalue weighted by molar-refractivity contribution is 5.53. The van der Waals surface area contributed by atoms with Gasteiger partial charge in [0, 0.05) is 11.1 Å². The van der Waals surface area contributed by atoms with Crippen LogP contribution in [0.15, 0.2) is 46.6 Å². The van der Waals surface area contributed by atoms with E-state index in [9.17, 15) is 0 Å². The fourth-order valence-corrected chi connectivity index (χ4v) is 1.82. The van der Waals surface area contributed by atoms with E-state index in [-0.39, 0.29) is 0 Å². The lowest BCUT2D eigenvalue weighted by molar-refractivity contribution is 1.19. The second kappa shape index (κ2) is 5.87.